The molecule has 0 N–H and O–H groups in total. The van der Waals surface area contributed by atoms with Crippen molar-refractivity contribution in [2.45, 2.75) is 52.6 Å². The zero-order valence-corrected chi connectivity index (χ0v) is 12.0. The summed E-state index contributed by atoms with van der Waals surface area (Å²) in [6, 6.07) is 5.99. The summed E-state index contributed by atoms with van der Waals surface area (Å²) < 4.78 is 11.2. The summed E-state index contributed by atoms with van der Waals surface area (Å²) in [5.74, 6) is 1.19. The van der Waals surface area contributed by atoms with Gasteiger partial charge < -0.3 is 9.47 Å². The second kappa shape index (κ2) is 8.09. The van der Waals surface area contributed by atoms with Crippen LogP contribution in [0.25, 0.3) is 0 Å². The van der Waals surface area contributed by atoms with Crippen molar-refractivity contribution in [3.05, 3.63) is 23.9 Å². The lowest BCUT2D eigenvalue weighted by atomic mass is 10.1. The van der Waals surface area contributed by atoms with Crippen molar-refractivity contribution in [1.82, 2.24) is 4.98 Å². The van der Waals surface area contributed by atoms with Crippen molar-refractivity contribution < 1.29 is 9.47 Å². The monoisotopic (exact) mass is 251 g/mol. The molecule has 0 amide bonds. The number of aromatic nitrogens is 1. The minimum Gasteiger partial charge on any atom is -0.474 e. The van der Waals surface area contributed by atoms with Crippen molar-refractivity contribution in [2.24, 2.45) is 0 Å². The lowest BCUT2D eigenvalue weighted by Gasteiger charge is -2.23. The van der Waals surface area contributed by atoms with Crippen molar-refractivity contribution >= 4 is 0 Å². The minimum absolute atomic E-state index is 0.267. The van der Waals surface area contributed by atoms with Crippen molar-refractivity contribution in [3.63, 3.8) is 0 Å². The summed E-state index contributed by atoms with van der Waals surface area (Å²) in [5.41, 5.74) is 1.09. The fourth-order valence-electron chi connectivity index (χ4n) is 1.78. The molecular weight excluding hydrogens is 226 g/mol. The van der Waals surface area contributed by atoms with E-state index in [9.17, 15) is 0 Å². The molecule has 0 aliphatic carbocycles. The average molecular weight is 251 g/mol. The highest BCUT2D eigenvalue weighted by atomic mass is 16.5. The van der Waals surface area contributed by atoms with E-state index in [1.54, 1.807) is 0 Å². The van der Waals surface area contributed by atoms with Crippen LogP contribution in [0.4, 0.5) is 0 Å². The predicted octanol–water partition coefficient (Wildman–Crippen LogP) is 3.79. The molecule has 0 saturated carbocycles. The van der Waals surface area contributed by atoms with Crippen molar-refractivity contribution in [1.29, 1.82) is 0 Å². The van der Waals surface area contributed by atoms with E-state index in [0.29, 0.717) is 5.92 Å². The van der Waals surface area contributed by atoms with E-state index in [2.05, 4.69) is 18.8 Å². The normalized spacial score (nSPS) is 16.1. The molecule has 0 unspecified atom stereocenters. The van der Waals surface area contributed by atoms with Crippen LogP contribution in [0.1, 0.15) is 52.1 Å². The molecule has 2 heterocycles. The maximum absolute atomic E-state index is 5.86. The van der Waals surface area contributed by atoms with Crippen LogP contribution in [-0.2, 0) is 4.74 Å². The van der Waals surface area contributed by atoms with Crippen LogP contribution in [0.15, 0.2) is 18.2 Å². The van der Waals surface area contributed by atoms with E-state index in [1.165, 1.54) is 0 Å². The fraction of sp³-hybridized carbons (Fsp3) is 0.667. The van der Waals surface area contributed by atoms with Gasteiger partial charge in [-0.05, 0) is 12.0 Å². The summed E-state index contributed by atoms with van der Waals surface area (Å²) in [6.45, 7) is 9.88. The Balaban J connectivity index is 0.000000771. The maximum Gasteiger partial charge on any atom is 0.213 e. The Bertz CT molecular complexity index is 333. The molecule has 0 spiro atoms. The highest BCUT2D eigenvalue weighted by Gasteiger charge is 2.16. The summed E-state index contributed by atoms with van der Waals surface area (Å²) in [7, 11) is 0. The molecule has 102 valence electrons. The average Bonchev–Trinajstić information content (AvgIpc) is 2.42. The molecule has 0 atom stereocenters. The summed E-state index contributed by atoms with van der Waals surface area (Å²) in [6.07, 6.45) is 2.20. The molecule has 1 saturated heterocycles. The Morgan fingerprint density at radius 2 is 1.89 bits per heavy atom. The lowest BCUT2D eigenvalue weighted by molar-refractivity contribution is 0.0236. The first-order valence-corrected chi connectivity index (χ1v) is 6.97. The molecule has 1 aliphatic rings. The van der Waals surface area contributed by atoms with Crippen LogP contribution in [0.3, 0.4) is 0 Å². The standard InChI is InChI=1S/C13H19NO2.C2H6/c1-10(2)12-4-3-5-13(14-12)16-11-6-8-15-9-7-11;1-2/h3-5,10-11H,6-9H2,1-2H3;1-2H3. The van der Waals surface area contributed by atoms with Gasteiger partial charge in [-0.3, -0.25) is 0 Å². The smallest absolute Gasteiger partial charge is 0.213 e. The topological polar surface area (TPSA) is 31.4 Å². The number of nitrogens with zero attached hydrogens (tertiary/aromatic N) is 1. The number of pyridine rings is 1. The van der Waals surface area contributed by atoms with E-state index in [-0.39, 0.29) is 6.10 Å². The molecule has 0 radical (unpaired) electrons. The molecule has 0 bridgehead atoms. The molecule has 18 heavy (non-hydrogen) atoms. The van der Waals surface area contributed by atoms with Gasteiger partial charge in [0, 0.05) is 24.6 Å². The fourth-order valence-corrected chi connectivity index (χ4v) is 1.78. The van der Waals surface area contributed by atoms with Crippen LogP contribution in [0.2, 0.25) is 0 Å². The quantitative estimate of drug-likeness (QED) is 0.819. The van der Waals surface area contributed by atoms with Crippen LogP contribution in [0, 0.1) is 0 Å². The van der Waals surface area contributed by atoms with Gasteiger partial charge in [0.25, 0.3) is 0 Å². The Kier molecular flexibility index (Phi) is 6.73. The van der Waals surface area contributed by atoms with E-state index in [4.69, 9.17) is 9.47 Å². The SMILES string of the molecule is CC.CC(C)c1cccc(OC2CCOCC2)n1. The van der Waals surface area contributed by atoms with Crippen molar-refractivity contribution in [2.75, 3.05) is 13.2 Å². The Morgan fingerprint density at radius 3 is 2.50 bits per heavy atom. The zero-order chi connectivity index (χ0) is 13.4. The molecule has 2 rings (SSSR count). The van der Waals surface area contributed by atoms with Gasteiger partial charge in [0.2, 0.25) is 5.88 Å². The number of rotatable bonds is 3. The van der Waals surface area contributed by atoms with E-state index >= 15 is 0 Å². The summed E-state index contributed by atoms with van der Waals surface area (Å²) in [5, 5.41) is 0. The molecule has 1 aromatic heterocycles. The highest BCUT2D eigenvalue weighted by molar-refractivity contribution is 5.18. The zero-order valence-electron chi connectivity index (χ0n) is 12.0. The first kappa shape index (κ1) is 15.0. The molecule has 1 aromatic rings. The van der Waals surface area contributed by atoms with Gasteiger partial charge in [-0.25, -0.2) is 4.98 Å². The van der Waals surface area contributed by atoms with Crippen LogP contribution < -0.4 is 4.74 Å². The highest BCUT2D eigenvalue weighted by Crippen LogP contribution is 2.19. The van der Waals surface area contributed by atoms with Gasteiger partial charge in [-0.1, -0.05) is 33.8 Å². The van der Waals surface area contributed by atoms with E-state index in [1.807, 2.05) is 32.0 Å². The molecule has 3 heteroatoms. The van der Waals surface area contributed by atoms with E-state index in [0.717, 1.165) is 37.6 Å². The predicted molar refractivity (Wildman–Crippen MR) is 74.1 cm³/mol. The second-order valence-corrected chi connectivity index (χ2v) is 4.48. The Hall–Kier alpha value is -1.09. The Morgan fingerprint density at radius 1 is 1.22 bits per heavy atom. The van der Waals surface area contributed by atoms with Crippen LogP contribution in [0.5, 0.6) is 5.88 Å². The van der Waals surface area contributed by atoms with Gasteiger partial charge in [0.1, 0.15) is 6.10 Å². The molecule has 0 aromatic carbocycles. The molecule has 1 aliphatic heterocycles. The van der Waals surface area contributed by atoms with E-state index < -0.39 is 0 Å². The van der Waals surface area contributed by atoms with Gasteiger partial charge in [-0.15, -0.1) is 0 Å². The second-order valence-electron chi connectivity index (χ2n) is 4.48. The number of ether oxygens (including phenoxy) is 2. The maximum atomic E-state index is 5.86. The minimum atomic E-state index is 0.267. The molecule has 1 fully saturated rings. The summed E-state index contributed by atoms with van der Waals surface area (Å²) >= 11 is 0. The van der Waals surface area contributed by atoms with Crippen LogP contribution >= 0.6 is 0 Å². The first-order valence-electron chi connectivity index (χ1n) is 6.97. The van der Waals surface area contributed by atoms with Gasteiger partial charge in [0.15, 0.2) is 0 Å². The third-order valence-electron chi connectivity index (χ3n) is 2.79. The Labute approximate surface area is 111 Å². The third-order valence-corrected chi connectivity index (χ3v) is 2.79. The number of hydrogen-bond donors (Lipinski definition) is 0. The number of hydrogen-bond acceptors (Lipinski definition) is 3. The first-order chi connectivity index (χ1) is 8.75. The largest absolute Gasteiger partial charge is 0.474 e. The van der Waals surface area contributed by atoms with Gasteiger partial charge in [-0.2, -0.15) is 0 Å². The van der Waals surface area contributed by atoms with Crippen LogP contribution in [-0.4, -0.2) is 24.3 Å². The van der Waals surface area contributed by atoms with Gasteiger partial charge in [0.05, 0.1) is 13.2 Å². The molecule has 3 nitrogen and oxygen atoms in total. The van der Waals surface area contributed by atoms with Crippen molar-refractivity contribution in [3.8, 4) is 5.88 Å². The lowest BCUT2D eigenvalue weighted by Crippen LogP contribution is -2.26. The molecular formula is C15H25NO2. The summed E-state index contributed by atoms with van der Waals surface area (Å²) in [4.78, 5) is 4.50. The third kappa shape index (κ3) is 4.65. The van der Waals surface area contributed by atoms with Gasteiger partial charge >= 0.3 is 0 Å².